The summed E-state index contributed by atoms with van der Waals surface area (Å²) < 4.78 is 11.4. The fraction of sp³-hybridized carbons (Fsp3) is 0.909. The zero-order chi connectivity index (χ0) is 28.8. The zero-order valence-electron chi connectivity index (χ0n) is 25.6. The molecule has 0 amide bonds. The Bertz CT molecular complexity index is 922. The van der Waals surface area contributed by atoms with Crippen molar-refractivity contribution >= 4 is 17.9 Å². The molecule has 0 aromatic rings. The Kier molecular flexibility index (Phi) is 8.84. The second-order valence-electron chi connectivity index (χ2n) is 15.3. The molecule has 222 valence electrons. The fourth-order valence-electron chi connectivity index (χ4n) is 9.85. The molecule has 4 saturated carbocycles. The molecule has 4 rings (SSSR count). The molecule has 1 unspecified atom stereocenters. The predicted molar refractivity (Wildman–Crippen MR) is 151 cm³/mol. The minimum Gasteiger partial charge on any atom is -0.481 e. The van der Waals surface area contributed by atoms with Crippen LogP contribution in [0.4, 0.5) is 0 Å². The fourth-order valence-corrected chi connectivity index (χ4v) is 9.85. The molecule has 0 radical (unpaired) electrons. The van der Waals surface area contributed by atoms with E-state index in [0.29, 0.717) is 28.6 Å². The monoisotopic (exact) mass is 546 g/mol. The van der Waals surface area contributed by atoms with Gasteiger partial charge in [0.05, 0.1) is 12.3 Å². The van der Waals surface area contributed by atoms with Crippen molar-refractivity contribution in [3.8, 4) is 0 Å². The van der Waals surface area contributed by atoms with E-state index in [-0.39, 0.29) is 30.9 Å². The average Bonchev–Trinajstić information content (AvgIpc) is 3.18. The van der Waals surface area contributed by atoms with Gasteiger partial charge >= 0.3 is 17.9 Å². The second-order valence-corrected chi connectivity index (χ2v) is 15.3. The Morgan fingerprint density at radius 3 is 2.26 bits per heavy atom. The highest BCUT2D eigenvalue weighted by molar-refractivity contribution is 5.79. The summed E-state index contributed by atoms with van der Waals surface area (Å²) in [7, 11) is 0. The summed E-state index contributed by atoms with van der Waals surface area (Å²) in [5.74, 6) is 2.19. The number of esters is 2. The number of rotatable bonds is 8. The second kappa shape index (κ2) is 11.4. The number of ether oxygens (including phenoxy) is 2. The van der Waals surface area contributed by atoms with Crippen LogP contribution in [0.1, 0.15) is 126 Å². The molecule has 0 aromatic carbocycles. The minimum atomic E-state index is -0.671. The van der Waals surface area contributed by atoms with Crippen LogP contribution in [0.3, 0.4) is 0 Å². The zero-order valence-corrected chi connectivity index (χ0v) is 25.6. The highest BCUT2D eigenvalue weighted by atomic mass is 16.6. The molecular formula is C33H54O6. The molecule has 4 fully saturated rings. The molecule has 6 heteroatoms. The van der Waals surface area contributed by atoms with Crippen molar-refractivity contribution in [1.82, 2.24) is 0 Å². The molecule has 0 heterocycles. The van der Waals surface area contributed by atoms with Gasteiger partial charge < -0.3 is 14.6 Å². The number of hydrogen-bond donors (Lipinski definition) is 1. The van der Waals surface area contributed by atoms with Crippen molar-refractivity contribution < 1.29 is 29.0 Å². The standard InChI is InChI=1S/C33H54O6/c1-20(8-13-28(34)35)25-11-12-26-24-10-9-22-19-23(14-16-32(22,6)27(24)15-17-33(25,26)7)38-30(37)21(2)18-29(36)39-31(3,4)5/h20-27H,8-19H2,1-7H3,(H,34,35)/t20-,21+,22-,23-,24+,25?,26+,27+,32+,33-/m1/s1. The van der Waals surface area contributed by atoms with Gasteiger partial charge in [-0.1, -0.05) is 27.7 Å². The molecular weight excluding hydrogens is 492 g/mol. The maximum absolute atomic E-state index is 12.8. The average molecular weight is 547 g/mol. The van der Waals surface area contributed by atoms with E-state index in [1.807, 2.05) is 20.8 Å². The number of fused-ring (bicyclic) bond motifs is 5. The summed E-state index contributed by atoms with van der Waals surface area (Å²) in [4.78, 5) is 36.2. The van der Waals surface area contributed by atoms with Crippen LogP contribution in [0.2, 0.25) is 0 Å². The number of hydrogen-bond acceptors (Lipinski definition) is 5. The quantitative estimate of drug-likeness (QED) is 0.319. The van der Waals surface area contributed by atoms with Gasteiger partial charge in [0, 0.05) is 6.42 Å². The van der Waals surface area contributed by atoms with E-state index in [2.05, 4.69) is 20.8 Å². The molecule has 0 saturated heterocycles. The Labute approximate surface area is 236 Å². The number of carbonyl (C=O) groups is 3. The topological polar surface area (TPSA) is 89.9 Å². The van der Waals surface area contributed by atoms with Gasteiger partial charge in [-0.25, -0.2) is 0 Å². The first-order valence-electron chi connectivity index (χ1n) is 15.8. The Morgan fingerprint density at radius 1 is 0.923 bits per heavy atom. The van der Waals surface area contributed by atoms with E-state index in [9.17, 15) is 19.5 Å². The lowest BCUT2D eigenvalue weighted by Crippen LogP contribution is -2.54. The van der Waals surface area contributed by atoms with Crippen LogP contribution in [0.25, 0.3) is 0 Å². The molecule has 39 heavy (non-hydrogen) atoms. The van der Waals surface area contributed by atoms with Crippen LogP contribution in [0.15, 0.2) is 0 Å². The van der Waals surface area contributed by atoms with Crippen LogP contribution in [0.5, 0.6) is 0 Å². The van der Waals surface area contributed by atoms with Crippen molar-refractivity contribution in [3.63, 3.8) is 0 Å². The largest absolute Gasteiger partial charge is 0.481 e. The molecule has 0 aliphatic heterocycles. The minimum absolute atomic E-state index is 0.0481. The molecule has 1 N–H and O–H groups in total. The van der Waals surface area contributed by atoms with E-state index in [0.717, 1.165) is 43.4 Å². The van der Waals surface area contributed by atoms with Crippen LogP contribution >= 0.6 is 0 Å². The summed E-state index contributed by atoms with van der Waals surface area (Å²) in [5, 5.41) is 9.21. The first-order chi connectivity index (χ1) is 18.1. The normalized spacial score (nSPS) is 39.5. The summed E-state index contributed by atoms with van der Waals surface area (Å²) in [6, 6.07) is 0. The molecule has 4 aliphatic rings. The highest BCUT2D eigenvalue weighted by Gasteiger charge is 2.60. The SMILES string of the molecule is C[C@H](CCC(=O)O)C1CC[C@H]2[C@@H]3CC[C@@H]4C[C@H](OC(=O)[C@@H](C)CC(=O)OC(C)(C)C)CC[C@]4(C)[C@H]3CC[C@]12C. The van der Waals surface area contributed by atoms with Crippen molar-refractivity contribution in [2.24, 2.45) is 52.3 Å². The van der Waals surface area contributed by atoms with Crippen molar-refractivity contribution in [1.29, 1.82) is 0 Å². The Hall–Kier alpha value is -1.59. The lowest BCUT2D eigenvalue weighted by atomic mass is 9.44. The smallest absolute Gasteiger partial charge is 0.309 e. The number of carboxylic acid groups (broad SMARTS) is 1. The lowest BCUT2D eigenvalue weighted by Gasteiger charge is -2.61. The van der Waals surface area contributed by atoms with Crippen LogP contribution < -0.4 is 0 Å². The third-order valence-corrected chi connectivity index (χ3v) is 11.8. The third-order valence-electron chi connectivity index (χ3n) is 11.8. The van der Waals surface area contributed by atoms with Gasteiger partial charge in [0.25, 0.3) is 0 Å². The summed E-state index contributed by atoms with van der Waals surface area (Å²) in [6.07, 6.45) is 11.7. The van der Waals surface area contributed by atoms with Gasteiger partial charge in [-0.05, 0) is 131 Å². The predicted octanol–water partition coefficient (Wildman–Crippen LogP) is 7.43. The van der Waals surface area contributed by atoms with Gasteiger partial charge in [-0.15, -0.1) is 0 Å². The first-order valence-corrected chi connectivity index (χ1v) is 15.8. The van der Waals surface area contributed by atoms with E-state index < -0.39 is 17.5 Å². The molecule has 0 bridgehead atoms. The van der Waals surface area contributed by atoms with Crippen molar-refractivity contribution in [2.45, 2.75) is 137 Å². The summed E-state index contributed by atoms with van der Waals surface area (Å²) >= 11 is 0. The number of aliphatic carboxylic acids is 1. The Morgan fingerprint density at radius 2 is 1.59 bits per heavy atom. The first kappa shape index (κ1) is 30.4. The van der Waals surface area contributed by atoms with Crippen LogP contribution in [-0.4, -0.2) is 34.7 Å². The lowest BCUT2D eigenvalue weighted by molar-refractivity contribution is -0.170. The third kappa shape index (κ3) is 6.35. The summed E-state index contributed by atoms with van der Waals surface area (Å²) in [5.41, 5.74) is 0.101. The molecule has 10 atom stereocenters. The van der Waals surface area contributed by atoms with Gasteiger partial charge in [0.15, 0.2) is 0 Å². The maximum Gasteiger partial charge on any atom is 0.309 e. The maximum atomic E-state index is 12.8. The van der Waals surface area contributed by atoms with Crippen LogP contribution in [0, 0.1) is 52.3 Å². The van der Waals surface area contributed by atoms with Gasteiger partial charge in [0.1, 0.15) is 11.7 Å². The summed E-state index contributed by atoms with van der Waals surface area (Å²) in [6.45, 7) is 14.6. The van der Waals surface area contributed by atoms with Gasteiger partial charge in [-0.3, -0.25) is 14.4 Å². The molecule has 0 aromatic heterocycles. The van der Waals surface area contributed by atoms with Crippen LogP contribution in [-0.2, 0) is 23.9 Å². The number of carboxylic acids is 1. The molecule has 6 nitrogen and oxygen atoms in total. The van der Waals surface area contributed by atoms with Crippen molar-refractivity contribution in [2.75, 3.05) is 0 Å². The van der Waals surface area contributed by atoms with Gasteiger partial charge in [0.2, 0.25) is 0 Å². The van der Waals surface area contributed by atoms with Gasteiger partial charge in [-0.2, -0.15) is 0 Å². The highest BCUT2D eigenvalue weighted by Crippen LogP contribution is 2.68. The van der Waals surface area contributed by atoms with E-state index in [1.165, 1.54) is 38.5 Å². The van der Waals surface area contributed by atoms with E-state index in [1.54, 1.807) is 6.92 Å². The van der Waals surface area contributed by atoms with Crippen molar-refractivity contribution in [3.05, 3.63) is 0 Å². The van der Waals surface area contributed by atoms with E-state index >= 15 is 0 Å². The Balaban J connectivity index is 1.34. The van der Waals surface area contributed by atoms with E-state index in [4.69, 9.17) is 9.47 Å². The molecule has 4 aliphatic carbocycles. The number of carbonyl (C=O) groups excluding carboxylic acids is 2. The molecule has 0 spiro atoms.